The molecule has 13 heavy (non-hydrogen) atoms. The van der Waals surface area contributed by atoms with Gasteiger partial charge in [0.1, 0.15) is 0 Å². The van der Waals surface area contributed by atoms with Gasteiger partial charge in [-0.2, -0.15) is 0 Å². The van der Waals surface area contributed by atoms with Crippen LogP contribution < -0.4 is 5.32 Å². The summed E-state index contributed by atoms with van der Waals surface area (Å²) in [5.74, 6) is -1.53. The van der Waals surface area contributed by atoms with Crippen LogP contribution in [0.4, 0.5) is 4.39 Å². The second kappa shape index (κ2) is 2.79. The molecule has 0 spiro atoms. The second-order valence-corrected chi connectivity index (χ2v) is 2.90. The highest BCUT2D eigenvalue weighted by Gasteiger charge is 2.39. The van der Waals surface area contributed by atoms with Gasteiger partial charge in [0, 0.05) is 13.1 Å². The number of guanidine groups is 1. The molecule has 2 amide bonds. The molecular formula is C7H8FN3O2. The van der Waals surface area contributed by atoms with E-state index in [-0.39, 0.29) is 5.96 Å². The molecular weight excluding hydrogens is 177 g/mol. The third kappa shape index (κ3) is 1.18. The Balaban J connectivity index is 2.29. The largest absolute Gasteiger partial charge is 0.293 e. The molecule has 0 aromatic rings. The Kier molecular flexibility index (Phi) is 1.75. The fourth-order valence-electron chi connectivity index (χ4n) is 1.35. The molecule has 5 nitrogen and oxygen atoms in total. The van der Waals surface area contributed by atoms with Crippen LogP contribution >= 0.6 is 0 Å². The average Bonchev–Trinajstić information content (AvgIpc) is 2.15. The van der Waals surface area contributed by atoms with Gasteiger partial charge in [-0.25, -0.2) is 4.39 Å². The van der Waals surface area contributed by atoms with Crippen LogP contribution in [0.15, 0.2) is 4.99 Å². The number of nitrogens with one attached hydrogen (secondary N) is 1. The molecule has 2 aliphatic rings. The summed E-state index contributed by atoms with van der Waals surface area (Å²) in [4.78, 5) is 27.1. The summed E-state index contributed by atoms with van der Waals surface area (Å²) in [6.45, 7) is 0.995. The molecule has 1 atom stereocenters. The molecule has 0 aromatic heterocycles. The van der Waals surface area contributed by atoms with E-state index >= 15 is 0 Å². The maximum absolute atomic E-state index is 12.9. The summed E-state index contributed by atoms with van der Waals surface area (Å²) in [7, 11) is 0. The van der Waals surface area contributed by atoms with Gasteiger partial charge in [0.25, 0.3) is 18.0 Å². The zero-order chi connectivity index (χ0) is 9.42. The minimum Gasteiger partial charge on any atom is -0.293 e. The Morgan fingerprint density at radius 2 is 2.31 bits per heavy atom. The van der Waals surface area contributed by atoms with Crippen LogP contribution in [0.25, 0.3) is 0 Å². The van der Waals surface area contributed by atoms with Crippen molar-refractivity contribution in [1.29, 1.82) is 0 Å². The van der Waals surface area contributed by atoms with Gasteiger partial charge in [0.15, 0.2) is 0 Å². The van der Waals surface area contributed by atoms with Crippen molar-refractivity contribution >= 4 is 17.8 Å². The third-order valence-corrected chi connectivity index (χ3v) is 2.01. The van der Waals surface area contributed by atoms with Crippen molar-refractivity contribution in [3.05, 3.63) is 0 Å². The van der Waals surface area contributed by atoms with E-state index in [1.54, 1.807) is 0 Å². The first-order valence-corrected chi connectivity index (χ1v) is 4.01. The van der Waals surface area contributed by atoms with Crippen LogP contribution in [0.2, 0.25) is 0 Å². The van der Waals surface area contributed by atoms with E-state index in [1.165, 1.54) is 4.90 Å². The average molecular weight is 185 g/mol. The first kappa shape index (κ1) is 8.15. The number of alkyl halides is 1. The van der Waals surface area contributed by atoms with Crippen LogP contribution in [-0.2, 0) is 9.59 Å². The summed E-state index contributed by atoms with van der Waals surface area (Å²) in [5.41, 5.74) is 0. The summed E-state index contributed by atoms with van der Waals surface area (Å²) in [6, 6.07) is 0. The fourth-order valence-corrected chi connectivity index (χ4v) is 1.35. The molecule has 2 heterocycles. The van der Waals surface area contributed by atoms with Crippen molar-refractivity contribution in [3.8, 4) is 0 Å². The first-order chi connectivity index (χ1) is 6.20. The lowest BCUT2D eigenvalue weighted by atomic mass is 10.2. The van der Waals surface area contributed by atoms with Crippen LogP contribution in [0.1, 0.15) is 6.42 Å². The summed E-state index contributed by atoms with van der Waals surface area (Å²) < 4.78 is 12.9. The number of halogens is 1. The Bertz CT molecular complexity index is 302. The van der Waals surface area contributed by atoms with Crippen molar-refractivity contribution in [2.45, 2.75) is 12.6 Å². The van der Waals surface area contributed by atoms with Crippen LogP contribution in [-0.4, -0.2) is 41.9 Å². The molecule has 0 aliphatic carbocycles. The van der Waals surface area contributed by atoms with Gasteiger partial charge in [0.05, 0.1) is 0 Å². The monoisotopic (exact) mass is 185 g/mol. The first-order valence-electron chi connectivity index (χ1n) is 4.01. The molecule has 6 heteroatoms. The smallest absolute Gasteiger partial charge is 0.273 e. The van der Waals surface area contributed by atoms with Gasteiger partial charge >= 0.3 is 0 Å². The highest BCUT2D eigenvalue weighted by atomic mass is 19.1. The topological polar surface area (TPSA) is 61.8 Å². The molecule has 0 bridgehead atoms. The molecule has 1 unspecified atom stereocenters. The molecule has 1 N–H and O–H groups in total. The van der Waals surface area contributed by atoms with Crippen molar-refractivity contribution < 1.29 is 14.0 Å². The number of nitrogens with zero attached hydrogens (tertiary/aromatic N) is 2. The van der Waals surface area contributed by atoms with Crippen molar-refractivity contribution in [2.75, 3.05) is 13.1 Å². The summed E-state index contributed by atoms with van der Waals surface area (Å²) in [5, 5.41) is 2.24. The molecule has 2 rings (SSSR count). The van der Waals surface area contributed by atoms with Gasteiger partial charge in [-0.05, 0) is 6.42 Å². The van der Waals surface area contributed by atoms with Gasteiger partial charge in [0.2, 0.25) is 5.96 Å². The minimum atomic E-state index is -2.07. The van der Waals surface area contributed by atoms with Crippen molar-refractivity contribution in [1.82, 2.24) is 10.2 Å². The predicted molar refractivity (Wildman–Crippen MR) is 41.7 cm³/mol. The lowest BCUT2D eigenvalue weighted by molar-refractivity contribution is -0.142. The van der Waals surface area contributed by atoms with Crippen molar-refractivity contribution in [2.24, 2.45) is 4.99 Å². The zero-order valence-electron chi connectivity index (χ0n) is 6.79. The van der Waals surface area contributed by atoms with Crippen molar-refractivity contribution in [3.63, 3.8) is 0 Å². The van der Waals surface area contributed by atoms with E-state index in [4.69, 9.17) is 0 Å². The third-order valence-electron chi connectivity index (χ3n) is 2.01. The Morgan fingerprint density at radius 1 is 1.54 bits per heavy atom. The minimum absolute atomic E-state index is 0.190. The molecule has 0 saturated carbocycles. The summed E-state index contributed by atoms with van der Waals surface area (Å²) >= 11 is 0. The Hall–Kier alpha value is -1.46. The van der Waals surface area contributed by atoms with E-state index in [9.17, 15) is 14.0 Å². The maximum atomic E-state index is 12.9. The number of carbonyl (C=O) groups excluding carboxylic acids is 2. The second-order valence-electron chi connectivity index (χ2n) is 2.90. The molecule has 0 radical (unpaired) electrons. The number of fused-ring (bicyclic) bond motifs is 1. The molecule has 70 valence electrons. The van der Waals surface area contributed by atoms with Crippen LogP contribution in [0.3, 0.4) is 0 Å². The van der Waals surface area contributed by atoms with E-state index in [1.807, 2.05) is 0 Å². The van der Waals surface area contributed by atoms with Gasteiger partial charge in [-0.1, -0.05) is 0 Å². The molecule has 1 fully saturated rings. The number of amides is 2. The highest BCUT2D eigenvalue weighted by molar-refractivity contribution is 6.19. The number of carbonyl (C=O) groups is 2. The van der Waals surface area contributed by atoms with Gasteiger partial charge in [-0.3, -0.25) is 24.8 Å². The van der Waals surface area contributed by atoms with Gasteiger partial charge in [-0.15, -0.1) is 0 Å². The van der Waals surface area contributed by atoms with Crippen LogP contribution in [0.5, 0.6) is 0 Å². The lowest BCUT2D eigenvalue weighted by Crippen LogP contribution is -2.61. The van der Waals surface area contributed by atoms with E-state index in [0.717, 1.165) is 0 Å². The quantitative estimate of drug-likeness (QED) is 0.494. The van der Waals surface area contributed by atoms with Crippen LogP contribution in [0, 0.1) is 0 Å². The standard InChI is InChI=1S/C7H8FN3O2/c8-4-5(12)10-7-9-2-1-3-11(7)6(4)13/h4H,1-3H2,(H,9,10,12). The fraction of sp³-hybridized carbons (Fsp3) is 0.571. The maximum Gasteiger partial charge on any atom is 0.273 e. The normalized spacial score (nSPS) is 27.9. The molecule has 2 aliphatic heterocycles. The SMILES string of the molecule is O=C1NC2=NCCCN2C(=O)C1F. The summed E-state index contributed by atoms with van der Waals surface area (Å²) in [6.07, 6.45) is -1.37. The van der Waals surface area contributed by atoms with Gasteiger partial charge < -0.3 is 0 Å². The number of rotatable bonds is 0. The Morgan fingerprint density at radius 3 is 3.08 bits per heavy atom. The highest BCUT2D eigenvalue weighted by Crippen LogP contribution is 2.10. The number of hydrogen-bond donors (Lipinski definition) is 1. The number of hydrogen-bond acceptors (Lipinski definition) is 3. The number of aliphatic imine (C=N–C) groups is 1. The molecule has 1 saturated heterocycles. The van der Waals surface area contributed by atoms with E-state index < -0.39 is 18.0 Å². The zero-order valence-corrected chi connectivity index (χ0v) is 6.79. The predicted octanol–water partition coefficient (Wildman–Crippen LogP) is -0.957. The Labute approximate surface area is 73.6 Å². The molecule has 0 aromatic carbocycles. The van der Waals surface area contributed by atoms with E-state index in [0.29, 0.717) is 19.5 Å². The lowest BCUT2D eigenvalue weighted by Gasteiger charge is -2.32. The van der Waals surface area contributed by atoms with E-state index in [2.05, 4.69) is 10.3 Å².